The van der Waals surface area contributed by atoms with E-state index in [0.29, 0.717) is 12.3 Å². The zero-order valence-electron chi connectivity index (χ0n) is 10.7. The van der Waals surface area contributed by atoms with Crippen LogP contribution in [0.5, 0.6) is 5.75 Å². The van der Waals surface area contributed by atoms with Crippen molar-refractivity contribution in [3.05, 3.63) is 48.0 Å². The van der Waals surface area contributed by atoms with Crippen LogP contribution in [0.1, 0.15) is 12.5 Å². The van der Waals surface area contributed by atoms with Gasteiger partial charge in [-0.05, 0) is 32.0 Å². The average molecular weight is 242 g/mol. The Morgan fingerprint density at radius 3 is 2.44 bits per heavy atom. The minimum absolute atomic E-state index is 0.632. The van der Waals surface area contributed by atoms with Gasteiger partial charge in [-0.2, -0.15) is 0 Å². The van der Waals surface area contributed by atoms with E-state index in [-0.39, 0.29) is 0 Å². The van der Waals surface area contributed by atoms with Gasteiger partial charge in [0.05, 0.1) is 6.61 Å². The van der Waals surface area contributed by atoms with Gasteiger partial charge in [-0.15, -0.1) is 0 Å². The SMILES string of the molecule is CCOc1cc(N)cc(Nc2ccc(C)cc2)c1. The van der Waals surface area contributed by atoms with Crippen LogP contribution in [0, 0.1) is 6.92 Å². The normalized spacial score (nSPS) is 10.1. The highest BCUT2D eigenvalue weighted by atomic mass is 16.5. The molecule has 0 aromatic heterocycles. The molecule has 0 amide bonds. The van der Waals surface area contributed by atoms with Gasteiger partial charge in [0.1, 0.15) is 5.75 Å². The molecule has 3 heteroatoms. The summed E-state index contributed by atoms with van der Waals surface area (Å²) in [7, 11) is 0. The summed E-state index contributed by atoms with van der Waals surface area (Å²) in [6.07, 6.45) is 0. The Kier molecular flexibility index (Phi) is 3.72. The molecule has 0 atom stereocenters. The number of nitrogen functional groups attached to an aromatic ring is 1. The number of nitrogens with one attached hydrogen (secondary N) is 1. The van der Waals surface area contributed by atoms with Crippen LogP contribution in [0.2, 0.25) is 0 Å². The number of anilines is 3. The lowest BCUT2D eigenvalue weighted by molar-refractivity contribution is 0.340. The molecule has 0 heterocycles. The van der Waals surface area contributed by atoms with Gasteiger partial charge in [-0.1, -0.05) is 17.7 Å². The summed E-state index contributed by atoms with van der Waals surface area (Å²) >= 11 is 0. The molecule has 0 aliphatic heterocycles. The van der Waals surface area contributed by atoms with Crippen molar-refractivity contribution in [3.8, 4) is 5.75 Å². The predicted molar refractivity (Wildman–Crippen MR) is 76.5 cm³/mol. The predicted octanol–water partition coefficient (Wildman–Crippen LogP) is 3.72. The van der Waals surface area contributed by atoms with E-state index in [1.165, 1.54) is 5.56 Å². The fourth-order valence-corrected chi connectivity index (χ4v) is 1.75. The monoisotopic (exact) mass is 242 g/mol. The van der Waals surface area contributed by atoms with Gasteiger partial charge >= 0.3 is 0 Å². The van der Waals surface area contributed by atoms with Crippen molar-refractivity contribution in [1.29, 1.82) is 0 Å². The fourth-order valence-electron chi connectivity index (χ4n) is 1.75. The highest BCUT2D eigenvalue weighted by Gasteiger charge is 2.00. The first kappa shape index (κ1) is 12.3. The second-order valence-corrected chi connectivity index (χ2v) is 4.21. The summed E-state index contributed by atoms with van der Waals surface area (Å²) in [4.78, 5) is 0. The van der Waals surface area contributed by atoms with Gasteiger partial charge in [-0.25, -0.2) is 0 Å². The van der Waals surface area contributed by atoms with Crippen LogP contribution in [-0.2, 0) is 0 Å². The quantitative estimate of drug-likeness (QED) is 0.803. The first-order valence-corrected chi connectivity index (χ1v) is 6.04. The van der Waals surface area contributed by atoms with Crippen molar-refractivity contribution < 1.29 is 4.74 Å². The highest BCUT2D eigenvalue weighted by Crippen LogP contribution is 2.25. The molecular formula is C15H18N2O. The Labute approximate surface area is 108 Å². The molecule has 0 saturated heterocycles. The van der Waals surface area contributed by atoms with Crippen LogP contribution in [0.4, 0.5) is 17.1 Å². The highest BCUT2D eigenvalue weighted by molar-refractivity contribution is 5.66. The molecule has 3 N–H and O–H groups in total. The lowest BCUT2D eigenvalue weighted by Gasteiger charge is -2.10. The molecule has 2 rings (SSSR count). The van der Waals surface area contributed by atoms with Crippen LogP contribution in [0.3, 0.4) is 0 Å². The minimum atomic E-state index is 0.632. The number of rotatable bonds is 4. The molecule has 0 spiro atoms. The number of hydrogen-bond donors (Lipinski definition) is 2. The first-order valence-electron chi connectivity index (χ1n) is 6.04. The molecule has 0 bridgehead atoms. The van der Waals surface area contributed by atoms with E-state index >= 15 is 0 Å². The van der Waals surface area contributed by atoms with Crippen LogP contribution < -0.4 is 15.8 Å². The third-order valence-electron chi connectivity index (χ3n) is 2.58. The molecule has 0 aliphatic carbocycles. The summed E-state index contributed by atoms with van der Waals surface area (Å²) in [6, 6.07) is 13.9. The molecule has 3 nitrogen and oxygen atoms in total. The van der Waals surface area contributed by atoms with E-state index in [0.717, 1.165) is 17.1 Å². The van der Waals surface area contributed by atoms with Gasteiger partial charge in [0, 0.05) is 29.2 Å². The van der Waals surface area contributed by atoms with Crippen LogP contribution in [-0.4, -0.2) is 6.61 Å². The Balaban J connectivity index is 2.20. The number of nitrogens with two attached hydrogens (primary N) is 1. The third kappa shape index (κ3) is 3.17. The molecule has 0 aliphatic rings. The Morgan fingerprint density at radius 1 is 1.06 bits per heavy atom. The van der Waals surface area contributed by atoms with E-state index in [2.05, 4.69) is 24.4 Å². The van der Waals surface area contributed by atoms with E-state index < -0.39 is 0 Å². The Hall–Kier alpha value is -2.16. The lowest BCUT2D eigenvalue weighted by atomic mass is 10.2. The maximum Gasteiger partial charge on any atom is 0.123 e. The second-order valence-electron chi connectivity index (χ2n) is 4.21. The second kappa shape index (κ2) is 5.45. The summed E-state index contributed by atoms with van der Waals surface area (Å²) in [6.45, 7) is 4.65. The standard InChI is InChI=1S/C15H18N2O/c1-3-18-15-9-12(16)8-14(10-15)17-13-6-4-11(2)5-7-13/h4-10,17H,3,16H2,1-2H3. The molecule has 0 fully saturated rings. The van der Waals surface area contributed by atoms with Gasteiger partial charge < -0.3 is 15.8 Å². The smallest absolute Gasteiger partial charge is 0.123 e. The maximum atomic E-state index is 5.85. The van der Waals surface area contributed by atoms with E-state index in [9.17, 15) is 0 Å². The van der Waals surface area contributed by atoms with Gasteiger partial charge in [0.2, 0.25) is 0 Å². The largest absolute Gasteiger partial charge is 0.494 e. The molecule has 0 unspecified atom stereocenters. The zero-order chi connectivity index (χ0) is 13.0. The van der Waals surface area contributed by atoms with Crippen LogP contribution in [0.15, 0.2) is 42.5 Å². The van der Waals surface area contributed by atoms with Crippen molar-refractivity contribution in [2.24, 2.45) is 0 Å². The molecule has 0 saturated carbocycles. The van der Waals surface area contributed by atoms with Crippen LogP contribution >= 0.6 is 0 Å². The molecule has 18 heavy (non-hydrogen) atoms. The molecule has 0 radical (unpaired) electrons. The van der Waals surface area contributed by atoms with E-state index in [1.807, 2.05) is 37.3 Å². The number of hydrogen-bond acceptors (Lipinski definition) is 3. The molecular weight excluding hydrogens is 224 g/mol. The molecule has 94 valence electrons. The van der Waals surface area contributed by atoms with Crippen LogP contribution in [0.25, 0.3) is 0 Å². The summed E-state index contributed by atoms with van der Waals surface area (Å²) in [5.74, 6) is 0.784. The Morgan fingerprint density at radius 2 is 1.78 bits per heavy atom. The first-order chi connectivity index (χ1) is 8.67. The Bertz CT molecular complexity index is 521. The summed E-state index contributed by atoms with van der Waals surface area (Å²) in [5, 5.41) is 3.31. The van der Waals surface area contributed by atoms with Crippen molar-refractivity contribution in [3.63, 3.8) is 0 Å². The molecule has 2 aromatic rings. The average Bonchev–Trinajstić information content (AvgIpc) is 2.32. The van der Waals surface area contributed by atoms with E-state index in [4.69, 9.17) is 10.5 Å². The van der Waals surface area contributed by atoms with Crippen molar-refractivity contribution in [1.82, 2.24) is 0 Å². The topological polar surface area (TPSA) is 47.3 Å². The third-order valence-corrected chi connectivity index (χ3v) is 2.58. The summed E-state index contributed by atoms with van der Waals surface area (Å²) < 4.78 is 5.46. The number of aryl methyl sites for hydroxylation is 1. The fraction of sp³-hybridized carbons (Fsp3) is 0.200. The minimum Gasteiger partial charge on any atom is -0.494 e. The van der Waals surface area contributed by atoms with Crippen molar-refractivity contribution in [2.75, 3.05) is 17.7 Å². The van der Waals surface area contributed by atoms with Crippen molar-refractivity contribution >= 4 is 17.1 Å². The van der Waals surface area contributed by atoms with E-state index in [1.54, 1.807) is 0 Å². The summed E-state index contributed by atoms with van der Waals surface area (Å²) in [5.41, 5.74) is 9.75. The number of benzene rings is 2. The van der Waals surface area contributed by atoms with Gasteiger partial charge in [0.25, 0.3) is 0 Å². The maximum absolute atomic E-state index is 5.85. The van der Waals surface area contributed by atoms with Crippen molar-refractivity contribution in [2.45, 2.75) is 13.8 Å². The zero-order valence-corrected chi connectivity index (χ0v) is 10.7. The molecule has 2 aromatic carbocycles. The number of ether oxygens (including phenoxy) is 1. The van der Waals surface area contributed by atoms with Gasteiger partial charge in [0.15, 0.2) is 0 Å². The lowest BCUT2D eigenvalue weighted by Crippen LogP contribution is -1.96. The van der Waals surface area contributed by atoms with Gasteiger partial charge in [-0.3, -0.25) is 0 Å².